The minimum absolute atomic E-state index is 0.393. The highest BCUT2D eigenvalue weighted by Crippen LogP contribution is 2.22. The lowest BCUT2D eigenvalue weighted by atomic mass is 9.97. The van der Waals surface area contributed by atoms with E-state index in [0.717, 1.165) is 39.1 Å². The second-order valence-corrected chi connectivity index (χ2v) is 5.74. The standard InChI is InChI=1S/C16H21NO3/c18-16(19)13-4-3-12-5-7-17(11-14(12)10-13)8-6-15-2-1-9-20-15/h3-4,10,15H,1-2,5-9,11H2,(H,18,19). The van der Waals surface area contributed by atoms with Crippen LogP contribution in [0.1, 0.15) is 40.7 Å². The number of carbonyl (C=O) groups is 1. The minimum atomic E-state index is -0.843. The van der Waals surface area contributed by atoms with E-state index in [4.69, 9.17) is 9.84 Å². The lowest BCUT2D eigenvalue weighted by Gasteiger charge is -2.29. The van der Waals surface area contributed by atoms with Gasteiger partial charge in [-0.2, -0.15) is 0 Å². The molecule has 20 heavy (non-hydrogen) atoms. The fourth-order valence-corrected chi connectivity index (χ4v) is 3.14. The second-order valence-electron chi connectivity index (χ2n) is 5.74. The third-order valence-electron chi connectivity index (χ3n) is 4.34. The van der Waals surface area contributed by atoms with Crippen molar-refractivity contribution in [1.82, 2.24) is 4.90 Å². The molecule has 1 aromatic carbocycles. The SMILES string of the molecule is O=C(O)c1ccc2c(c1)CN(CCC1CCCO1)CC2. The Morgan fingerprint density at radius 3 is 3.05 bits per heavy atom. The third-order valence-corrected chi connectivity index (χ3v) is 4.34. The van der Waals surface area contributed by atoms with Crippen LogP contribution in [0.4, 0.5) is 0 Å². The molecule has 2 aliphatic rings. The van der Waals surface area contributed by atoms with Crippen molar-refractivity contribution < 1.29 is 14.6 Å². The van der Waals surface area contributed by atoms with E-state index in [1.165, 1.54) is 24.0 Å². The molecule has 0 amide bonds. The number of rotatable bonds is 4. The van der Waals surface area contributed by atoms with E-state index in [9.17, 15) is 4.79 Å². The summed E-state index contributed by atoms with van der Waals surface area (Å²) in [6.45, 7) is 3.88. The van der Waals surface area contributed by atoms with Gasteiger partial charge in [-0.3, -0.25) is 4.90 Å². The van der Waals surface area contributed by atoms with E-state index >= 15 is 0 Å². The highest BCUT2D eigenvalue weighted by atomic mass is 16.5. The van der Waals surface area contributed by atoms with E-state index in [0.29, 0.717) is 11.7 Å². The summed E-state index contributed by atoms with van der Waals surface area (Å²) in [5.74, 6) is -0.843. The zero-order chi connectivity index (χ0) is 13.9. The molecule has 1 unspecified atom stereocenters. The summed E-state index contributed by atoms with van der Waals surface area (Å²) < 4.78 is 5.66. The highest BCUT2D eigenvalue weighted by Gasteiger charge is 2.20. The van der Waals surface area contributed by atoms with Gasteiger partial charge in [0, 0.05) is 26.2 Å². The van der Waals surface area contributed by atoms with E-state index < -0.39 is 5.97 Å². The van der Waals surface area contributed by atoms with E-state index in [-0.39, 0.29) is 0 Å². The van der Waals surface area contributed by atoms with Crippen molar-refractivity contribution in [1.29, 1.82) is 0 Å². The molecule has 1 N–H and O–H groups in total. The topological polar surface area (TPSA) is 49.8 Å². The van der Waals surface area contributed by atoms with Crippen LogP contribution in [0.15, 0.2) is 18.2 Å². The van der Waals surface area contributed by atoms with Crippen LogP contribution in [0.3, 0.4) is 0 Å². The Hall–Kier alpha value is -1.39. The Labute approximate surface area is 119 Å². The molecule has 1 atom stereocenters. The molecular formula is C16H21NO3. The second kappa shape index (κ2) is 5.94. The molecule has 0 bridgehead atoms. The first kappa shape index (κ1) is 13.6. The van der Waals surface area contributed by atoms with Gasteiger partial charge in [0.15, 0.2) is 0 Å². The van der Waals surface area contributed by atoms with Crippen LogP contribution in [0.5, 0.6) is 0 Å². The fourth-order valence-electron chi connectivity index (χ4n) is 3.14. The van der Waals surface area contributed by atoms with Crippen molar-refractivity contribution >= 4 is 5.97 Å². The van der Waals surface area contributed by atoms with Crippen molar-refractivity contribution in [3.05, 3.63) is 34.9 Å². The molecule has 1 saturated heterocycles. The van der Waals surface area contributed by atoms with Crippen LogP contribution in [-0.2, 0) is 17.7 Å². The summed E-state index contributed by atoms with van der Waals surface area (Å²) in [5, 5.41) is 9.07. The van der Waals surface area contributed by atoms with Crippen molar-refractivity contribution in [3.63, 3.8) is 0 Å². The van der Waals surface area contributed by atoms with Crippen LogP contribution in [0.25, 0.3) is 0 Å². The number of ether oxygens (including phenoxy) is 1. The quantitative estimate of drug-likeness (QED) is 0.916. The van der Waals surface area contributed by atoms with Crippen molar-refractivity contribution in [2.45, 2.75) is 38.3 Å². The largest absolute Gasteiger partial charge is 0.478 e. The zero-order valence-electron chi connectivity index (χ0n) is 11.7. The summed E-state index contributed by atoms with van der Waals surface area (Å²) in [7, 11) is 0. The lowest BCUT2D eigenvalue weighted by Crippen LogP contribution is -2.33. The molecule has 0 radical (unpaired) electrons. The Morgan fingerprint density at radius 2 is 2.30 bits per heavy atom. The molecular weight excluding hydrogens is 254 g/mol. The number of carboxylic acid groups (broad SMARTS) is 1. The number of nitrogens with zero attached hydrogens (tertiary/aromatic N) is 1. The molecule has 0 spiro atoms. The average Bonchev–Trinajstić information content (AvgIpc) is 2.97. The Bertz CT molecular complexity index is 494. The van der Waals surface area contributed by atoms with Crippen molar-refractivity contribution in [2.75, 3.05) is 19.7 Å². The monoisotopic (exact) mass is 275 g/mol. The average molecular weight is 275 g/mol. The van der Waals surface area contributed by atoms with Crippen LogP contribution in [-0.4, -0.2) is 41.8 Å². The third kappa shape index (κ3) is 3.02. The molecule has 4 heteroatoms. The smallest absolute Gasteiger partial charge is 0.335 e. The number of fused-ring (bicyclic) bond motifs is 1. The molecule has 0 aromatic heterocycles. The maximum absolute atomic E-state index is 11.0. The van der Waals surface area contributed by atoms with Gasteiger partial charge in [0.25, 0.3) is 0 Å². The van der Waals surface area contributed by atoms with Gasteiger partial charge in [0.2, 0.25) is 0 Å². The summed E-state index contributed by atoms with van der Waals surface area (Å²) in [6, 6.07) is 5.51. The van der Waals surface area contributed by atoms with Crippen LogP contribution in [0, 0.1) is 0 Å². The Kier molecular flexibility index (Phi) is 4.03. The summed E-state index contributed by atoms with van der Waals surface area (Å²) in [5.41, 5.74) is 2.86. The first-order valence-electron chi connectivity index (χ1n) is 7.41. The van der Waals surface area contributed by atoms with Crippen LogP contribution < -0.4 is 0 Å². The number of carboxylic acids is 1. The van der Waals surface area contributed by atoms with Gasteiger partial charge in [-0.1, -0.05) is 6.07 Å². The molecule has 4 nitrogen and oxygen atoms in total. The normalized spacial score (nSPS) is 22.7. The fraction of sp³-hybridized carbons (Fsp3) is 0.562. The molecule has 0 aliphatic carbocycles. The summed E-state index contributed by atoms with van der Waals surface area (Å²) >= 11 is 0. The molecule has 108 valence electrons. The molecule has 1 fully saturated rings. The summed E-state index contributed by atoms with van der Waals surface area (Å²) in [4.78, 5) is 13.5. The maximum Gasteiger partial charge on any atom is 0.335 e. The van der Waals surface area contributed by atoms with Crippen LogP contribution >= 0.6 is 0 Å². The Balaban J connectivity index is 1.61. The first-order valence-corrected chi connectivity index (χ1v) is 7.41. The maximum atomic E-state index is 11.0. The number of aromatic carboxylic acids is 1. The number of benzene rings is 1. The number of hydrogen-bond acceptors (Lipinski definition) is 3. The van der Waals surface area contributed by atoms with Gasteiger partial charge in [0.05, 0.1) is 11.7 Å². The minimum Gasteiger partial charge on any atom is -0.478 e. The van der Waals surface area contributed by atoms with E-state index in [1.54, 1.807) is 6.07 Å². The van der Waals surface area contributed by atoms with Gasteiger partial charge >= 0.3 is 5.97 Å². The summed E-state index contributed by atoms with van der Waals surface area (Å²) in [6.07, 6.45) is 4.92. The van der Waals surface area contributed by atoms with E-state index in [2.05, 4.69) is 4.90 Å². The van der Waals surface area contributed by atoms with Gasteiger partial charge in [0.1, 0.15) is 0 Å². The predicted octanol–water partition coefficient (Wildman–Crippen LogP) is 2.31. The van der Waals surface area contributed by atoms with Gasteiger partial charge in [-0.25, -0.2) is 4.79 Å². The first-order chi connectivity index (χ1) is 9.72. The lowest BCUT2D eigenvalue weighted by molar-refractivity contribution is 0.0696. The van der Waals surface area contributed by atoms with Gasteiger partial charge < -0.3 is 9.84 Å². The van der Waals surface area contributed by atoms with Crippen molar-refractivity contribution in [3.8, 4) is 0 Å². The predicted molar refractivity (Wildman–Crippen MR) is 76.0 cm³/mol. The van der Waals surface area contributed by atoms with Gasteiger partial charge in [-0.05, 0) is 48.9 Å². The Morgan fingerprint density at radius 1 is 1.40 bits per heavy atom. The molecule has 3 rings (SSSR count). The zero-order valence-corrected chi connectivity index (χ0v) is 11.7. The van der Waals surface area contributed by atoms with Gasteiger partial charge in [-0.15, -0.1) is 0 Å². The number of hydrogen-bond donors (Lipinski definition) is 1. The van der Waals surface area contributed by atoms with Crippen LogP contribution in [0.2, 0.25) is 0 Å². The van der Waals surface area contributed by atoms with Crippen molar-refractivity contribution in [2.24, 2.45) is 0 Å². The molecule has 1 aromatic rings. The van der Waals surface area contributed by atoms with E-state index in [1.807, 2.05) is 12.1 Å². The molecule has 2 aliphatic heterocycles. The highest BCUT2D eigenvalue weighted by molar-refractivity contribution is 5.87. The molecule has 2 heterocycles. The molecule has 0 saturated carbocycles.